The zero-order valence-electron chi connectivity index (χ0n) is 14.4. The molecule has 0 bridgehead atoms. The van der Waals surface area contributed by atoms with E-state index in [-0.39, 0.29) is 22.6 Å². The highest BCUT2D eigenvalue weighted by molar-refractivity contribution is 6.66. The van der Waals surface area contributed by atoms with Crippen LogP contribution >= 0.6 is 11.6 Å². The molecule has 1 fully saturated rings. The Hall–Kier alpha value is -2.05. The van der Waals surface area contributed by atoms with Gasteiger partial charge < -0.3 is 5.11 Å². The monoisotopic (exact) mass is 362 g/mol. The summed E-state index contributed by atoms with van der Waals surface area (Å²) in [6, 6.07) is 5.24. The number of nitrogens with zero attached hydrogens (tertiary/aromatic N) is 4. The van der Waals surface area contributed by atoms with Crippen LogP contribution < -0.4 is 4.90 Å². The molecule has 2 heterocycles. The number of aliphatic hydroxyl groups is 1. The van der Waals surface area contributed by atoms with E-state index in [9.17, 15) is 9.50 Å². The number of aromatic nitrogens is 1. The van der Waals surface area contributed by atoms with Crippen molar-refractivity contribution in [2.45, 2.75) is 32.3 Å². The van der Waals surface area contributed by atoms with E-state index in [1.165, 1.54) is 7.05 Å². The van der Waals surface area contributed by atoms with Crippen LogP contribution in [0.4, 0.5) is 10.2 Å². The second kappa shape index (κ2) is 6.35. The van der Waals surface area contributed by atoms with Gasteiger partial charge in [-0.25, -0.2) is 9.37 Å². The Labute approximate surface area is 151 Å². The minimum Gasteiger partial charge on any atom is -0.384 e. The van der Waals surface area contributed by atoms with E-state index >= 15 is 0 Å². The molecule has 0 radical (unpaired) electrons. The van der Waals surface area contributed by atoms with E-state index < -0.39 is 11.4 Å². The minimum atomic E-state index is -1.12. The molecule has 3 rings (SSSR count). The van der Waals surface area contributed by atoms with Crippen molar-refractivity contribution < 1.29 is 9.50 Å². The van der Waals surface area contributed by atoms with E-state index in [0.717, 1.165) is 12.8 Å². The summed E-state index contributed by atoms with van der Waals surface area (Å²) in [7, 11) is 1.51. The highest BCUT2D eigenvalue weighted by Gasteiger charge is 2.43. The van der Waals surface area contributed by atoms with Gasteiger partial charge in [0.2, 0.25) is 5.29 Å². The number of halogens is 2. The highest BCUT2D eigenvalue weighted by atomic mass is 35.5. The summed E-state index contributed by atoms with van der Waals surface area (Å²) < 4.78 is 14.8. The Morgan fingerprint density at radius 3 is 2.68 bits per heavy atom. The summed E-state index contributed by atoms with van der Waals surface area (Å²) in [4.78, 5) is 14.2. The maximum Gasteiger partial charge on any atom is 0.219 e. The van der Waals surface area contributed by atoms with Crippen molar-refractivity contribution in [3.8, 4) is 0 Å². The van der Waals surface area contributed by atoms with Crippen LogP contribution in [0.5, 0.6) is 0 Å². The molecular weight excluding hydrogens is 343 g/mol. The zero-order chi connectivity index (χ0) is 18.4. The van der Waals surface area contributed by atoms with Gasteiger partial charge in [-0.05, 0) is 50.4 Å². The first-order valence-corrected chi connectivity index (χ1v) is 8.42. The first-order valence-electron chi connectivity index (χ1n) is 8.04. The van der Waals surface area contributed by atoms with Crippen LogP contribution in [0, 0.1) is 5.92 Å². The van der Waals surface area contributed by atoms with Crippen molar-refractivity contribution in [2.24, 2.45) is 15.9 Å². The topological polar surface area (TPSA) is 61.1 Å². The van der Waals surface area contributed by atoms with E-state index in [4.69, 9.17) is 11.6 Å². The number of allylic oxidation sites excluding steroid dienone is 1. The lowest BCUT2D eigenvalue weighted by Gasteiger charge is -2.24. The first-order chi connectivity index (χ1) is 11.7. The van der Waals surface area contributed by atoms with Gasteiger partial charge in [-0.15, -0.1) is 0 Å². The fourth-order valence-electron chi connectivity index (χ4n) is 2.69. The summed E-state index contributed by atoms with van der Waals surface area (Å²) in [5.74, 6) is 0.455. The van der Waals surface area contributed by atoms with Crippen LogP contribution in [0.25, 0.3) is 0 Å². The molecule has 0 atom stereocenters. The molecule has 1 saturated carbocycles. The van der Waals surface area contributed by atoms with E-state index in [1.807, 2.05) is 0 Å². The van der Waals surface area contributed by atoms with Gasteiger partial charge in [0, 0.05) is 18.5 Å². The predicted octanol–water partition coefficient (Wildman–Crippen LogP) is 3.90. The van der Waals surface area contributed by atoms with E-state index in [2.05, 4.69) is 21.5 Å². The number of hydrogen-bond donors (Lipinski definition) is 1. The van der Waals surface area contributed by atoms with Crippen LogP contribution in [0.15, 0.2) is 51.9 Å². The molecule has 7 heteroatoms. The van der Waals surface area contributed by atoms with Gasteiger partial charge in [0.25, 0.3) is 0 Å². The number of amidine groups is 2. The van der Waals surface area contributed by atoms with Crippen molar-refractivity contribution in [1.82, 2.24) is 4.98 Å². The smallest absolute Gasteiger partial charge is 0.219 e. The van der Waals surface area contributed by atoms with Gasteiger partial charge in [-0.2, -0.15) is 4.99 Å². The molecule has 132 valence electrons. The molecule has 0 spiro atoms. The Balaban J connectivity index is 2.15. The molecule has 1 aliphatic heterocycles. The van der Waals surface area contributed by atoms with Crippen LogP contribution in [-0.4, -0.2) is 28.3 Å². The molecule has 2 aliphatic rings. The number of anilines is 1. The molecule has 1 aromatic rings. The molecule has 0 amide bonds. The van der Waals surface area contributed by atoms with Crippen molar-refractivity contribution >= 4 is 28.5 Å². The summed E-state index contributed by atoms with van der Waals surface area (Å²) in [5, 5.41) is 10.2. The van der Waals surface area contributed by atoms with Gasteiger partial charge in [0.15, 0.2) is 11.7 Å². The van der Waals surface area contributed by atoms with Gasteiger partial charge in [0.1, 0.15) is 11.4 Å². The van der Waals surface area contributed by atoms with Crippen molar-refractivity contribution in [3.63, 3.8) is 0 Å². The van der Waals surface area contributed by atoms with Crippen molar-refractivity contribution in [2.75, 3.05) is 11.9 Å². The minimum absolute atomic E-state index is 0.00430. The third-order valence-electron chi connectivity index (χ3n) is 4.15. The van der Waals surface area contributed by atoms with Crippen molar-refractivity contribution in [1.29, 1.82) is 0 Å². The highest BCUT2D eigenvalue weighted by Crippen LogP contribution is 2.47. The molecule has 0 unspecified atom stereocenters. The third kappa shape index (κ3) is 3.37. The number of rotatable bonds is 3. The van der Waals surface area contributed by atoms with Crippen molar-refractivity contribution in [3.05, 3.63) is 47.6 Å². The van der Waals surface area contributed by atoms with Crippen LogP contribution in [0.1, 0.15) is 32.4 Å². The summed E-state index contributed by atoms with van der Waals surface area (Å²) >= 11 is 5.95. The second-order valence-corrected chi connectivity index (χ2v) is 6.99. The molecule has 25 heavy (non-hydrogen) atoms. The normalized spacial score (nSPS) is 20.9. The Morgan fingerprint density at radius 1 is 1.44 bits per heavy atom. The molecule has 5 nitrogen and oxygen atoms in total. The summed E-state index contributed by atoms with van der Waals surface area (Å²) in [6.07, 6.45) is 1.81. The second-order valence-electron chi connectivity index (χ2n) is 6.66. The van der Waals surface area contributed by atoms with Crippen LogP contribution in [-0.2, 0) is 5.60 Å². The fraction of sp³-hybridized carbons (Fsp3) is 0.389. The predicted molar refractivity (Wildman–Crippen MR) is 98.6 cm³/mol. The lowest BCUT2D eigenvalue weighted by atomic mass is 10.1. The maximum absolute atomic E-state index is 14.8. The lowest BCUT2D eigenvalue weighted by molar-refractivity contribution is 0.0740. The number of pyridine rings is 1. The van der Waals surface area contributed by atoms with Crippen LogP contribution in [0.3, 0.4) is 0 Å². The van der Waals surface area contributed by atoms with Gasteiger partial charge in [0.05, 0.1) is 11.4 Å². The standard InChI is InChI=1S/C18H20ClFN4O/c1-10-14(20)15(11-8-9-11)24(16(10)23-17(19)21-4)13-7-5-6-12(22-13)18(2,3)25/h5-7,11,25H,1,8-9H2,2-4H3/b21-17-,23-16+. The molecule has 0 saturated heterocycles. The largest absolute Gasteiger partial charge is 0.384 e. The number of hydrogen-bond acceptors (Lipinski definition) is 3. The molecule has 1 aliphatic carbocycles. The molecule has 1 N–H and O–H groups in total. The summed E-state index contributed by atoms with van der Waals surface area (Å²) in [6.45, 7) is 7.11. The number of aliphatic imine (C=N–C) groups is 2. The average Bonchev–Trinajstić information content (AvgIpc) is 3.37. The Morgan fingerprint density at radius 2 is 2.12 bits per heavy atom. The molecular formula is C18H20ClFN4O. The first kappa shape index (κ1) is 17.8. The SMILES string of the molecule is C=C1C(F)=C(C2CC2)N(c2cccc(C(C)(C)O)n2)/C1=N/C(Cl)=N\C. The van der Waals surface area contributed by atoms with Gasteiger partial charge in [-0.1, -0.05) is 12.6 Å². The molecule has 0 aromatic carbocycles. The van der Waals surface area contributed by atoms with Crippen LogP contribution in [0.2, 0.25) is 0 Å². The zero-order valence-corrected chi connectivity index (χ0v) is 15.2. The molecule has 1 aromatic heterocycles. The summed E-state index contributed by atoms with van der Waals surface area (Å²) in [5.41, 5.74) is 0.0331. The quantitative estimate of drug-likeness (QED) is 0.504. The van der Waals surface area contributed by atoms with Gasteiger partial charge in [-0.3, -0.25) is 9.89 Å². The lowest BCUT2D eigenvalue weighted by Crippen LogP contribution is -2.29. The van der Waals surface area contributed by atoms with E-state index in [0.29, 0.717) is 17.2 Å². The fourth-order valence-corrected chi connectivity index (χ4v) is 2.77. The maximum atomic E-state index is 14.8. The third-order valence-corrected chi connectivity index (χ3v) is 4.40. The average molecular weight is 363 g/mol. The Bertz CT molecular complexity index is 819. The Kier molecular flexibility index (Phi) is 4.51. The van der Waals surface area contributed by atoms with E-state index in [1.54, 1.807) is 36.9 Å². The van der Waals surface area contributed by atoms with Gasteiger partial charge >= 0.3 is 0 Å².